The number of methoxy groups -OCH3 is 1. The van der Waals surface area contributed by atoms with Crippen molar-refractivity contribution in [3.05, 3.63) is 53.5 Å². The Labute approximate surface area is 128 Å². The molecule has 0 unspecified atom stereocenters. The van der Waals surface area contributed by atoms with Crippen LogP contribution in [0.15, 0.2) is 36.5 Å². The number of imidazole rings is 1. The molecule has 0 aliphatic carbocycles. The number of nitrogens with zero attached hydrogens (tertiary/aromatic N) is 3. The van der Waals surface area contributed by atoms with Gasteiger partial charge in [0.1, 0.15) is 5.82 Å². The summed E-state index contributed by atoms with van der Waals surface area (Å²) in [6, 6.07) is 10.2. The lowest BCUT2D eigenvalue weighted by molar-refractivity contribution is 0.397. The van der Waals surface area contributed by atoms with Crippen LogP contribution in [0.3, 0.4) is 0 Å². The summed E-state index contributed by atoms with van der Waals surface area (Å²) in [6.07, 6.45) is 1.75. The minimum atomic E-state index is 0.385. The van der Waals surface area contributed by atoms with Crippen molar-refractivity contribution >= 4 is 22.6 Å². The normalized spacial score (nSPS) is 11.0. The average Bonchev–Trinajstić information content (AvgIpc) is 2.84. The van der Waals surface area contributed by atoms with Gasteiger partial charge in [-0.25, -0.2) is 9.97 Å². The SMILES string of the molecule is COc1cc(Cn2c(CCl)nc3cc(C)ccc32)ccn1. The fourth-order valence-electron chi connectivity index (χ4n) is 2.41. The Bertz CT molecular complexity index is 782. The van der Waals surface area contributed by atoms with E-state index in [4.69, 9.17) is 16.3 Å². The standard InChI is InChI=1S/C16H16ClN3O/c1-11-3-4-14-13(7-11)19-15(9-17)20(14)10-12-5-6-18-16(8-12)21-2/h3-8H,9-10H2,1-2H3. The molecule has 4 nitrogen and oxygen atoms in total. The summed E-state index contributed by atoms with van der Waals surface area (Å²) in [5.41, 5.74) is 4.37. The third-order valence-electron chi connectivity index (χ3n) is 3.45. The Morgan fingerprint density at radius 1 is 1.24 bits per heavy atom. The van der Waals surface area contributed by atoms with Crippen LogP contribution in [-0.2, 0) is 12.4 Å². The molecule has 108 valence electrons. The molecule has 3 aromatic rings. The molecule has 0 aliphatic rings. The van der Waals surface area contributed by atoms with Crippen LogP contribution in [0.5, 0.6) is 5.88 Å². The van der Waals surface area contributed by atoms with Crippen molar-refractivity contribution in [1.29, 1.82) is 0 Å². The van der Waals surface area contributed by atoms with Crippen molar-refractivity contribution in [3.63, 3.8) is 0 Å². The van der Waals surface area contributed by atoms with Crippen molar-refractivity contribution in [1.82, 2.24) is 14.5 Å². The Kier molecular flexibility index (Phi) is 3.80. The topological polar surface area (TPSA) is 39.9 Å². The minimum absolute atomic E-state index is 0.385. The zero-order valence-corrected chi connectivity index (χ0v) is 12.8. The lowest BCUT2D eigenvalue weighted by atomic mass is 10.2. The zero-order chi connectivity index (χ0) is 14.8. The van der Waals surface area contributed by atoms with E-state index in [9.17, 15) is 0 Å². The van der Waals surface area contributed by atoms with E-state index < -0.39 is 0 Å². The highest BCUT2D eigenvalue weighted by atomic mass is 35.5. The molecule has 5 heteroatoms. The number of pyridine rings is 1. The van der Waals surface area contributed by atoms with E-state index in [2.05, 4.69) is 39.7 Å². The first-order valence-corrected chi connectivity index (χ1v) is 7.25. The first-order chi connectivity index (χ1) is 10.2. The Morgan fingerprint density at radius 3 is 2.86 bits per heavy atom. The summed E-state index contributed by atoms with van der Waals surface area (Å²) >= 11 is 6.05. The summed E-state index contributed by atoms with van der Waals surface area (Å²) in [6.45, 7) is 2.76. The molecule has 0 radical (unpaired) electrons. The predicted molar refractivity (Wildman–Crippen MR) is 83.9 cm³/mol. The van der Waals surface area contributed by atoms with Crippen LogP contribution in [0.4, 0.5) is 0 Å². The van der Waals surface area contributed by atoms with Crippen LogP contribution < -0.4 is 4.74 Å². The number of ether oxygens (including phenoxy) is 1. The van der Waals surface area contributed by atoms with E-state index in [1.807, 2.05) is 12.1 Å². The summed E-state index contributed by atoms with van der Waals surface area (Å²) < 4.78 is 7.31. The molecule has 0 fully saturated rings. The van der Waals surface area contributed by atoms with Gasteiger partial charge in [0.15, 0.2) is 0 Å². The number of hydrogen-bond donors (Lipinski definition) is 0. The number of aromatic nitrogens is 3. The van der Waals surface area contributed by atoms with Crippen molar-refractivity contribution < 1.29 is 4.74 Å². The molecule has 21 heavy (non-hydrogen) atoms. The molecule has 3 rings (SSSR count). The first kappa shape index (κ1) is 13.9. The van der Waals surface area contributed by atoms with Crippen LogP contribution in [0, 0.1) is 6.92 Å². The molecule has 0 atom stereocenters. The highest BCUT2D eigenvalue weighted by Crippen LogP contribution is 2.21. The Morgan fingerprint density at radius 2 is 2.10 bits per heavy atom. The predicted octanol–water partition coefficient (Wildman–Crippen LogP) is 3.54. The van der Waals surface area contributed by atoms with Gasteiger partial charge in [-0.3, -0.25) is 0 Å². The minimum Gasteiger partial charge on any atom is -0.481 e. The van der Waals surface area contributed by atoms with Crippen molar-refractivity contribution in [3.8, 4) is 5.88 Å². The first-order valence-electron chi connectivity index (χ1n) is 6.72. The van der Waals surface area contributed by atoms with Gasteiger partial charge in [0, 0.05) is 18.8 Å². The van der Waals surface area contributed by atoms with Gasteiger partial charge < -0.3 is 9.30 Å². The number of halogens is 1. The van der Waals surface area contributed by atoms with Crippen LogP contribution in [0.1, 0.15) is 17.0 Å². The molecule has 0 saturated carbocycles. The number of benzene rings is 1. The van der Waals surface area contributed by atoms with Crippen molar-refractivity contribution in [2.24, 2.45) is 0 Å². The molecule has 0 spiro atoms. The number of rotatable bonds is 4. The second kappa shape index (κ2) is 5.74. The zero-order valence-electron chi connectivity index (χ0n) is 12.0. The van der Waals surface area contributed by atoms with Gasteiger partial charge in [-0.15, -0.1) is 11.6 Å². The molecule has 0 aliphatic heterocycles. The average molecular weight is 302 g/mol. The smallest absolute Gasteiger partial charge is 0.213 e. The number of fused-ring (bicyclic) bond motifs is 1. The summed E-state index contributed by atoms with van der Waals surface area (Å²) in [4.78, 5) is 8.75. The van der Waals surface area contributed by atoms with E-state index >= 15 is 0 Å². The molecule has 0 saturated heterocycles. The van der Waals surface area contributed by atoms with Crippen LogP contribution in [0.2, 0.25) is 0 Å². The third-order valence-corrected chi connectivity index (χ3v) is 3.69. The van der Waals surface area contributed by atoms with Crippen LogP contribution >= 0.6 is 11.6 Å². The van der Waals surface area contributed by atoms with Gasteiger partial charge in [0.25, 0.3) is 0 Å². The number of aryl methyl sites for hydroxylation is 1. The van der Waals surface area contributed by atoms with Gasteiger partial charge in [-0.05, 0) is 36.2 Å². The van der Waals surface area contributed by atoms with Crippen molar-refractivity contribution in [2.75, 3.05) is 7.11 Å². The van der Waals surface area contributed by atoms with Gasteiger partial charge in [-0.1, -0.05) is 6.07 Å². The number of hydrogen-bond acceptors (Lipinski definition) is 3. The summed E-state index contributed by atoms with van der Waals surface area (Å²) in [5.74, 6) is 1.86. The Hall–Kier alpha value is -2.07. The lowest BCUT2D eigenvalue weighted by Gasteiger charge is -2.09. The van der Waals surface area contributed by atoms with E-state index in [-0.39, 0.29) is 0 Å². The number of alkyl halides is 1. The quantitative estimate of drug-likeness (QED) is 0.692. The summed E-state index contributed by atoms with van der Waals surface area (Å²) in [5, 5.41) is 0. The highest BCUT2D eigenvalue weighted by Gasteiger charge is 2.11. The molecule has 1 aromatic carbocycles. The second-order valence-electron chi connectivity index (χ2n) is 4.95. The fraction of sp³-hybridized carbons (Fsp3) is 0.250. The molecular weight excluding hydrogens is 286 g/mol. The van der Waals surface area contributed by atoms with E-state index in [1.165, 1.54) is 5.56 Å². The van der Waals surface area contributed by atoms with Crippen molar-refractivity contribution in [2.45, 2.75) is 19.3 Å². The van der Waals surface area contributed by atoms with E-state index in [1.54, 1.807) is 13.3 Å². The third kappa shape index (κ3) is 2.72. The second-order valence-corrected chi connectivity index (χ2v) is 5.21. The monoisotopic (exact) mass is 301 g/mol. The molecule has 2 aromatic heterocycles. The lowest BCUT2D eigenvalue weighted by Crippen LogP contribution is -2.04. The molecular formula is C16H16ClN3O. The maximum Gasteiger partial charge on any atom is 0.213 e. The molecule has 0 bridgehead atoms. The van der Waals surface area contributed by atoms with E-state index in [0.717, 1.165) is 22.4 Å². The molecule has 0 amide bonds. The van der Waals surface area contributed by atoms with Gasteiger partial charge in [0.05, 0.1) is 24.0 Å². The maximum absolute atomic E-state index is 6.05. The highest BCUT2D eigenvalue weighted by molar-refractivity contribution is 6.16. The van der Waals surface area contributed by atoms with Crippen LogP contribution in [-0.4, -0.2) is 21.6 Å². The largest absolute Gasteiger partial charge is 0.481 e. The van der Waals surface area contributed by atoms with Gasteiger partial charge in [-0.2, -0.15) is 0 Å². The molecule has 2 heterocycles. The maximum atomic E-state index is 6.05. The fourth-order valence-corrected chi connectivity index (χ4v) is 2.62. The van der Waals surface area contributed by atoms with Crippen LogP contribution in [0.25, 0.3) is 11.0 Å². The van der Waals surface area contributed by atoms with E-state index in [0.29, 0.717) is 18.3 Å². The van der Waals surface area contributed by atoms with Gasteiger partial charge in [0.2, 0.25) is 5.88 Å². The molecule has 0 N–H and O–H groups in total. The van der Waals surface area contributed by atoms with Gasteiger partial charge >= 0.3 is 0 Å². The summed E-state index contributed by atoms with van der Waals surface area (Å²) in [7, 11) is 1.62. The Balaban J connectivity index is 2.06.